The molecule has 2 aliphatic rings. The number of amidine groups is 1. The van der Waals surface area contributed by atoms with E-state index < -0.39 is 37.9 Å². The Morgan fingerprint density at radius 2 is 1.59 bits per heavy atom. The normalized spacial score (nSPS) is 20.2. The molecule has 9 nitrogen and oxygen atoms in total. The van der Waals surface area contributed by atoms with Gasteiger partial charge < -0.3 is 5.11 Å². The summed E-state index contributed by atoms with van der Waals surface area (Å²) in [6, 6.07) is 17.4. The summed E-state index contributed by atoms with van der Waals surface area (Å²) >= 11 is 0. The molecule has 1 N–H and O–H groups in total. The number of aromatic carboxylic acids is 1. The van der Waals surface area contributed by atoms with Crippen LogP contribution in [0.3, 0.4) is 0 Å². The smallest absolute Gasteiger partial charge is 0.338 e. The fraction of sp³-hybridized carbons (Fsp3) is 0.276. The Morgan fingerprint density at radius 3 is 2.13 bits per heavy atom. The van der Waals surface area contributed by atoms with Crippen LogP contribution in [0.5, 0.6) is 0 Å². The van der Waals surface area contributed by atoms with Crippen LogP contribution in [0.2, 0.25) is 0 Å². The van der Waals surface area contributed by atoms with E-state index in [1.807, 2.05) is 0 Å². The van der Waals surface area contributed by atoms with Crippen molar-refractivity contribution < 1.29 is 27.9 Å². The number of benzene rings is 2. The Balaban J connectivity index is 1.65. The van der Waals surface area contributed by atoms with Gasteiger partial charge >= 0.3 is 5.97 Å². The van der Waals surface area contributed by atoms with Crippen LogP contribution in [-0.2, 0) is 19.4 Å². The van der Waals surface area contributed by atoms with E-state index >= 15 is 0 Å². The molecule has 1 fully saturated rings. The standard InChI is InChI=1S/C29H27N3O6S/c1-18(2)28(3)27(36)32(25(33)19-10-6-4-7-11-19)24(31-28)23-22(26(34)35)16-20(17-30-23)29(14-15-29)39(37,38)21-12-8-5-9-13-21/h4-13,16-18H,14-15H2,1-3H3,(H,34,35). The molecular weight excluding hydrogens is 518 g/mol. The SMILES string of the molecule is CC(C)C1(C)N=C(c2ncc(C3(S(=O)(=O)c4ccccc4)CC3)cc2C(=O)O)N(C(=O)c2ccccc2)C1=O. The van der Waals surface area contributed by atoms with E-state index in [1.54, 1.807) is 69.3 Å². The first-order chi connectivity index (χ1) is 18.4. The van der Waals surface area contributed by atoms with Crippen LogP contribution in [0.4, 0.5) is 0 Å². The van der Waals surface area contributed by atoms with E-state index in [2.05, 4.69) is 9.98 Å². The van der Waals surface area contributed by atoms with Crippen LogP contribution >= 0.6 is 0 Å². The number of amides is 2. The number of rotatable bonds is 7. The summed E-state index contributed by atoms with van der Waals surface area (Å²) in [5, 5.41) is 10.2. The molecule has 1 aliphatic heterocycles. The van der Waals surface area contributed by atoms with Gasteiger partial charge in [-0.15, -0.1) is 0 Å². The first-order valence-electron chi connectivity index (χ1n) is 12.5. The van der Waals surface area contributed by atoms with Crippen LogP contribution in [0.15, 0.2) is 82.8 Å². The molecule has 0 bridgehead atoms. The summed E-state index contributed by atoms with van der Waals surface area (Å²) in [6.07, 6.45) is 1.94. The Labute approximate surface area is 226 Å². The van der Waals surface area contributed by atoms with E-state index in [0.717, 1.165) is 4.90 Å². The summed E-state index contributed by atoms with van der Waals surface area (Å²) < 4.78 is 25.8. The second kappa shape index (κ2) is 9.23. The van der Waals surface area contributed by atoms with Crippen molar-refractivity contribution in [2.24, 2.45) is 10.9 Å². The van der Waals surface area contributed by atoms with E-state index in [-0.39, 0.29) is 39.0 Å². The minimum absolute atomic E-state index is 0.140. The number of aliphatic imine (C=N–C) groups is 1. The molecule has 1 unspecified atom stereocenters. The van der Waals surface area contributed by atoms with Crippen LogP contribution in [0.25, 0.3) is 0 Å². The lowest BCUT2D eigenvalue weighted by Gasteiger charge is -2.25. The van der Waals surface area contributed by atoms with Crippen LogP contribution in [0.1, 0.15) is 65.6 Å². The quantitative estimate of drug-likeness (QED) is 0.442. The molecule has 2 heterocycles. The molecule has 0 radical (unpaired) electrons. The Bertz CT molecular complexity index is 1630. The van der Waals surface area contributed by atoms with Gasteiger partial charge in [-0.3, -0.25) is 14.6 Å². The van der Waals surface area contributed by atoms with E-state index in [1.165, 1.54) is 24.4 Å². The molecule has 1 saturated carbocycles. The molecule has 3 aromatic rings. The summed E-state index contributed by atoms with van der Waals surface area (Å²) in [4.78, 5) is 49.6. The zero-order chi connectivity index (χ0) is 28.2. The molecule has 2 amide bonds. The van der Waals surface area contributed by atoms with Gasteiger partial charge in [-0.05, 0) is 61.6 Å². The van der Waals surface area contributed by atoms with Gasteiger partial charge in [0.2, 0.25) is 0 Å². The third-order valence-electron chi connectivity index (χ3n) is 7.66. The largest absolute Gasteiger partial charge is 0.478 e. The van der Waals surface area contributed by atoms with Crippen molar-refractivity contribution in [3.05, 3.63) is 95.3 Å². The molecular formula is C29H27N3O6S. The number of carbonyl (C=O) groups is 3. The lowest BCUT2D eigenvalue weighted by Crippen LogP contribution is -2.47. The van der Waals surface area contributed by atoms with Crippen LogP contribution in [0, 0.1) is 5.92 Å². The fourth-order valence-electron chi connectivity index (χ4n) is 4.78. The van der Waals surface area contributed by atoms with Gasteiger partial charge in [-0.1, -0.05) is 50.2 Å². The lowest BCUT2D eigenvalue weighted by atomic mass is 9.88. The van der Waals surface area contributed by atoms with Crippen LogP contribution < -0.4 is 0 Å². The van der Waals surface area contributed by atoms with Gasteiger partial charge in [0.15, 0.2) is 15.7 Å². The number of imide groups is 1. The second-order valence-electron chi connectivity index (χ2n) is 10.3. The van der Waals surface area contributed by atoms with Crippen molar-refractivity contribution in [3.8, 4) is 0 Å². The fourth-order valence-corrected chi connectivity index (χ4v) is 6.81. The monoisotopic (exact) mass is 545 g/mol. The van der Waals surface area contributed by atoms with Crippen molar-refractivity contribution >= 4 is 33.5 Å². The molecule has 200 valence electrons. The summed E-state index contributed by atoms with van der Waals surface area (Å²) in [5.74, 6) is -3.12. The molecule has 1 aliphatic carbocycles. The van der Waals surface area contributed by atoms with E-state index in [4.69, 9.17) is 0 Å². The molecule has 1 aromatic heterocycles. The molecule has 5 rings (SSSR count). The number of aromatic nitrogens is 1. The van der Waals surface area contributed by atoms with Crippen molar-refractivity contribution in [3.63, 3.8) is 0 Å². The first-order valence-corrected chi connectivity index (χ1v) is 14.0. The highest BCUT2D eigenvalue weighted by Crippen LogP contribution is 2.55. The van der Waals surface area contributed by atoms with Crippen LogP contribution in [-0.4, -0.2) is 52.6 Å². The predicted octanol–water partition coefficient (Wildman–Crippen LogP) is 4.09. The summed E-state index contributed by atoms with van der Waals surface area (Å²) in [7, 11) is -3.84. The predicted molar refractivity (Wildman–Crippen MR) is 143 cm³/mol. The number of carbonyl (C=O) groups excluding carboxylic acids is 2. The maximum Gasteiger partial charge on any atom is 0.338 e. The topological polar surface area (TPSA) is 134 Å². The average Bonchev–Trinajstić information content (AvgIpc) is 3.71. The van der Waals surface area contributed by atoms with Crippen molar-refractivity contribution in [1.82, 2.24) is 9.88 Å². The lowest BCUT2D eigenvalue weighted by molar-refractivity contribution is -0.130. The zero-order valence-corrected chi connectivity index (χ0v) is 22.5. The molecule has 0 saturated heterocycles. The minimum Gasteiger partial charge on any atom is -0.478 e. The molecule has 39 heavy (non-hydrogen) atoms. The summed E-state index contributed by atoms with van der Waals surface area (Å²) in [5.41, 5.74) is -1.38. The second-order valence-corrected chi connectivity index (χ2v) is 12.5. The van der Waals surface area contributed by atoms with Crippen molar-refractivity contribution in [2.75, 3.05) is 0 Å². The first kappa shape index (κ1) is 26.4. The minimum atomic E-state index is -3.84. The van der Waals surface area contributed by atoms with Gasteiger partial charge in [-0.25, -0.2) is 23.1 Å². The van der Waals surface area contributed by atoms with Gasteiger partial charge in [0.1, 0.15) is 16.0 Å². The van der Waals surface area contributed by atoms with Gasteiger partial charge in [-0.2, -0.15) is 0 Å². The Hall–Kier alpha value is -4.18. The number of carboxylic acids is 1. The number of carboxylic acid groups (broad SMARTS) is 1. The highest BCUT2D eigenvalue weighted by atomic mass is 32.2. The van der Waals surface area contributed by atoms with Gasteiger partial charge in [0.05, 0.1) is 10.5 Å². The van der Waals surface area contributed by atoms with Gasteiger partial charge in [0, 0.05) is 11.8 Å². The number of sulfone groups is 1. The number of hydrogen-bond donors (Lipinski definition) is 1. The van der Waals surface area contributed by atoms with E-state index in [9.17, 15) is 27.9 Å². The summed E-state index contributed by atoms with van der Waals surface area (Å²) in [6.45, 7) is 5.17. The molecule has 10 heteroatoms. The van der Waals surface area contributed by atoms with Crippen molar-refractivity contribution in [1.29, 1.82) is 0 Å². The number of pyridine rings is 1. The maximum absolute atomic E-state index is 13.6. The third-order valence-corrected chi connectivity index (χ3v) is 10.2. The van der Waals surface area contributed by atoms with Gasteiger partial charge in [0.25, 0.3) is 11.8 Å². The van der Waals surface area contributed by atoms with E-state index in [0.29, 0.717) is 12.8 Å². The Kier molecular flexibility index (Phi) is 6.26. The molecule has 0 spiro atoms. The van der Waals surface area contributed by atoms with Crippen molar-refractivity contribution in [2.45, 2.75) is 48.8 Å². The average molecular weight is 546 g/mol. The maximum atomic E-state index is 13.6. The Morgan fingerprint density at radius 1 is 1.00 bits per heavy atom. The number of nitrogens with zero attached hydrogens (tertiary/aromatic N) is 3. The highest BCUT2D eigenvalue weighted by Gasteiger charge is 2.57. The highest BCUT2D eigenvalue weighted by molar-refractivity contribution is 7.92. The number of hydrogen-bond acceptors (Lipinski definition) is 7. The third kappa shape index (κ3) is 4.06. The molecule has 2 aromatic carbocycles. The molecule has 1 atom stereocenters. The zero-order valence-electron chi connectivity index (χ0n) is 21.7.